The zero-order valence-electron chi connectivity index (χ0n) is 14.0. The Morgan fingerprint density at radius 2 is 1.83 bits per heavy atom. The molecule has 1 N–H and O–H groups in total. The van der Waals surface area contributed by atoms with Crippen molar-refractivity contribution in [1.82, 2.24) is 19.9 Å². The van der Waals surface area contributed by atoms with E-state index < -0.39 is 28.9 Å². The number of nitrogens with one attached hydrogen (secondary N) is 1. The van der Waals surface area contributed by atoms with Crippen molar-refractivity contribution in [2.45, 2.75) is 52.7 Å². The SMILES string of the molecule is Cc1c(F)cn2c(C(C)(C)NC(=O)OC(C)(C)C)nnc2c1F. The highest BCUT2D eigenvalue weighted by molar-refractivity contribution is 5.69. The number of carbonyl (C=O) groups is 1. The maximum Gasteiger partial charge on any atom is 0.408 e. The van der Waals surface area contributed by atoms with Crippen LogP contribution in [0.15, 0.2) is 6.20 Å². The summed E-state index contributed by atoms with van der Waals surface area (Å²) in [5, 5.41) is 10.3. The molecule has 126 valence electrons. The first-order valence-corrected chi connectivity index (χ1v) is 7.13. The molecule has 6 nitrogen and oxygen atoms in total. The van der Waals surface area contributed by atoms with Gasteiger partial charge in [-0.05, 0) is 41.5 Å². The van der Waals surface area contributed by atoms with Crippen molar-refractivity contribution in [2.24, 2.45) is 0 Å². The molecule has 8 heteroatoms. The van der Waals surface area contributed by atoms with Gasteiger partial charge in [-0.15, -0.1) is 10.2 Å². The average Bonchev–Trinajstić information content (AvgIpc) is 2.77. The smallest absolute Gasteiger partial charge is 0.408 e. The predicted octanol–water partition coefficient (Wildman–Crippen LogP) is 3.08. The monoisotopic (exact) mass is 326 g/mol. The molecule has 0 aliphatic rings. The Hall–Kier alpha value is -2.25. The minimum Gasteiger partial charge on any atom is -0.444 e. The predicted molar refractivity (Wildman–Crippen MR) is 80.0 cm³/mol. The van der Waals surface area contributed by atoms with Crippen LogP contribution in [0.2, 0.25) is 0 Å². The van der Waals surface area contributed by atoms with E-state index in [4.69, 9.17) is 4.74 Å². The summed E-state index contributed by atoms with van der Waals surface area (Å²) in [6, 6.07) is 0. The van der Waals surface area contributed by atoms with Gasteiger partial charge in [-0.1, -0.05) is 0 Å². The summed E-state index contributed by atoms with van der Waals surface area (Å²) in [6.45, 7) is 9.81. The third-order valence-corrected chi connectivity index (χ3v) is 3.19. The van der Waals surface area contributed by atoms with Gasteiger partial charge in [0.1, 0.15) is 11.4 Å². The van der Waals surface area contributed by atoms with Gasteiger partial charge < -0.3 is 10.1 Å². The fraction of sp³-hybridized carbons (Fsp3) is 0.533. The molecule has 0 aliphatic heterocycles. The molecule has 0 unspecified atom stereocenters. The van der Waals surface area contributed by atoms with E-state index >= 15 is 0 Å². The van der Waals surface area contributed by atoms with E-state index in [1.165, 1.54) is 11.3 Å². The molecule has 0 radical (unpaired) electrons. The summed E-state index contributed by atoms with van der Waals surface area (Å²) >= 11 is 0. The van der Waals surface area contributed by atoms with Crippen LogP contribution < -0.4 is 5.32 Å². The second-order valence-electron chi connectivity index (χ2n) is 6.89. The molecule has 0 fully saturated rings. The van der Waals surface area contributed by atoms with Crippen LogP contribution in [0.4, 0.5) is 13.6 Å². The molecule has 2 heterocycles. The quantitative estimate of drug-likeness (QED) is 0.921. The fourth-order valence-corrected chi connectivity index (χ4v) is 2.09. The van der Waals surface area contributed by atoms with E-state index in [0.717, 1.165) is 6.20 Å². The maximum absolute atomic E-state index is 14.1. The van der Waals surface area contributed by atoms with Crippen LogP contribution in [-0.2, 0) is 10.3 Å². The number of carbonyl (C=O) groups excluding carboxylic acids is 1. The molecule has 0 saturated heterocycles. The topological polar surface area (TPSA) is 68.5 Å². The largest absolute Gasteiger partial charge is 0.444 e. The Kier molecular flexibility index (Phi) is 4.04. The first-order chi connectivity index (χ1) is 10.4. The van der Waals surface area contributed by atoms with Gasteiger partial charge >= 0.3 is 6.09 Å². The maximum atomic E-state index is 14.1. The van der Waals surface area contributed by atoms with Crippen LogP contribution in [-0.4, -0.2) is 26.3 Å². The molecule has 0 aliphatic carbocycles. The Morgan fingerprint density at radius 3 is 2.39 bits per heavy atom. The van der Waals surface area contributed by atoms with Crippen LogP contribution in [0.25, 0.3) is 5.65 Å². The summed E-state index contributed by atoms with van der Waals surface area (Å²) in [4.78, 5) is 12.0. The molecule has 0 bridgehead atoms. The molecular weight excluding hydrogens is 306 g/mol. The summed E-state index contributed by atoms with van der Waals surface area (Å²) in [6.07, 6.45) is 0.439. The van der Waals surface area contributed by atoms with Gasteiger partial charge in [0.05, 0.1) is 5.54 Å². The minimum absolute atomic E-state index is 0.0991. The van der Waals surface area contributed by atoms with E-state index in [1.54, 1.807) is 34.6 Å². The Balaban J connectivity index is 2.41. The summed E-state index contributed by atoms with van der Waals surface area (Å²) in [5.74, 6) is -1.31. The van der Waals surface area contributed by atoms with Gasteiger partial charge in [0.15, 0.2) is 17.3 Å². The summed E-state index contributed by atoms with van der Waals surface area (Å²) in [5.41, 5.74) is -1.94. The summed E-state index contributed by atoms with van der Waals surface area (Å²) < 4.78 is 34.3. The zero-order valence-corrected chi connectivity index (χ0v) is 14.0. The van der Waals surface area contributed by atoms with Crippen LogP contribution in [0, 0.1) is 18.6 Å². The third kappa shape index (κ3) is 3.40. The number of rotatable bonds is 2. The Bertz CT molecular complexity index is 763. The van der Waals surface area contributed by atoms with Gasteiger partial charge in [0.25, 0.3) is 0 Å². The third-order valence-electron chi connectivity index (χ3n) is 3.19. The first kappa shape index (κ1) is 17.1. The highest BCUT2D eigenvalue weighted by Crippen LogP contribution is 2.23. The standard InChI is InChI=1S/C15H20F2N4O2/c1-8-9(16)7-21-11(10(8)17)19-20-12(21)15(5,6)18-13(22)23-14(2,3)4/h7H,1-6H3,(H,18,22). The molecule has 0 spiro atoms. The minimum atomic E-state index is -1.05. The molecule has 1 amide bonds. The van der Waals surface area contributed by atoms with E-state index in [-0.39, 0.29) is 17.0 Å². The van der Waals surface area contributed by atoms with Crippen LogP contribution in [0.3, 0.4) is 0 Å². The lowest BCUT2D eigenvalue weighted by molar-refractivity contribution is 0.0465. The lowest BCUT2D eigenvalue weighted by atomic mass is 10.1. The highest BCUT2D eigenvalue weighted by atomic mass is 19.1. The molecular formula is C15H20F2N4O2. The van der Waals surface area contributed by atoms with Crippen LogP contribution >= 0.6 is 0 Å². The molecule has 2 aromatic rings. The number of halogens is 2. The van der Waals surface area contributed by atoms with E-state index in [2.05, 4.69) is 15.5 Å². The van der Waals surface area contributed by atoms with Gasteiger partial charge in [-0.25, -0.2) is 13.6 Å². The van der Waals surface area contributed by atoms with Crippen LogP contribution in [0.5, 0.6) is 0 Å². The second kappa shape index (κ2) is 5.43. The Labute approximate surface area is 132 Å². The van der Waals surface area contributed by atoms with Crippen LogP contribution in [0.1, 0.15) is 46.0 Å². The Morgan fingerprint density at radius 1 is 1.22 bits per heavy atom. The van der Waals surface area contributed by atoms with Crippen molar-refractivity contribution in [2.75, 3.05) is 0 Å². The fourth-order valence-electron chi connectivity index (χ4n) is 2.09. The number of amides is 1. The van der Waals surface area contributed by atoms with Crippen molar-refractivity contribution in [3.05, 3.63) is 29.2 Å². The van der Waals surface area contributed by atoms with Gasteiger partial charge in [-0.3, -0.25) is 4.40 Å². The average molecular weight is 326 g/mol. The number of pyridine rings is 1. The van der Waals surface area contributed by atoms with Crippen molar-refractivity contribution in [1.29, 1.82) is 0 Å². The lowest BCUT2D eigenvalue weighted by Gasteiger charge is -2.27. The van der Waals surface area contributed by atoms with Gasteiger partial charge in [-0.2, -0.15) is 0 Å². The molecule has 0 saturated carbocycles. The van der Waals surface area contributed by atoms with Gasteiger partial charge in [0, 0.05) is 11.8 Å². The molecule has 2 aromatic heterocycles. The van der Waals surface area contributed by atoms with E-state index in [1.807, 2.05) is 0 Å². The number of fused-ring (bicyclic) bond motifs is 1. The number of alkyl carbamates (subject to hydrolysis) is 1. The van der Waals surface area contributed by atoms with Gasteiger partial charge in [0.2, 0.25) is 0 Å². The number of nitrogens with zero attached hydrogens (tertiary/aromatic N) is 3. The van der Waals surface area contributed by atoms with Crippen molar-refractivity contribution in [3.8, 4) is 0 Å². The normalized spacial score (nSPS) is 12.5. The number of hydrogen-bond donors (Lipinski definition) is 1. The number of ether oxygens (including phenoxy) is 1. The number of hydrogen-bond acceptors (Lipinski definition) is 4. The lowest BCUT2D eigenvalue weighted by Crippen LogP contribution is -2.45. The second-order valence-corrected chi connectivity index (χ2v) is 6.89. The molecule has 2 rings (SSSR count). The van der Waals surface area contributed by atoms with E-state index in [9.17, 15) is 13.6 Å². The van der Waals surface area contributed by atoms with Crippen molar-refractivity contribution >= 4 is 11.7 Å². The summed E-state index contributed by atoms with van der Waals surface area (Å²) in [7, 11) is 0. The zero-order chi connectivity index (χ0) is 17.6. The van der Waals surface area contributed by atoms with Crippen molar-refractivity contribution in [3.63, 3.8) is 0 Å². The van der Waals surface area contributed by atoms with Crippen molar-refractivity contribution < 1.29 is 18.3 Å². The van der Waals surface area contributed by atoms with E-state index in [0.29, 0.717) is 0 Å². The highest BCUT2D eigenvalue weighted by Gasteiger charge is 2.31. The first-order valence-electron chi connectivity index (χ1n) is 7.13. The molecule has 23 heavy (non-hydrogen) atoms. The molecule has 0 atom stereocenters. The molecule has 0 aromatic carbocycles. The number of aromatic nitrogens is 3.